The minimum Gasteiger partial charge on any atom is -0.486 e. The Labute approximate surface area is 186 Å². The number of aryl methyl sites for hydroxylation is 2. The molecule has 8 heteroatoms. The van der Waals surface area contributed by atoms with E-state index < -0.39 is 0 Å². The van der Waals surface area contributed by atoms with Gasteiger partial charge < -0.3 is 14.4 Å². The lowest BCUT2D eigenvalue weighted by atomic mass is 10.1. The number of piperazine rings is 1. The Balaban J connectivity index is 1.15. The number of nitrogens with zero attached hydrogens (tertiary/aromatic N) is 4. The highest BCUT2D eigenvalue weighted by Gasteiger charge is 2.22. The molecule has 168 valence electrons. The minimum atomic E-state index is -0.0803. The van der Waals surface area contributed by atoms with Gasteiger partial charge in [-0.05, 0) is 29.8 Å². The smallest absolute Gasteiger partial charge is 0.328 e. The summed E-state index contributed by atoms with van der Waals surface area (Å²) in [7, 11) is 1.77. The highest BCUT2D eigenvalue weighted by molar-refractivity contribution is 5.78. The van der Waals surface area contributed by atoms with Crippen molar-refractivity contribution >= 4 is 16.9 Å². The van der Waals surface area contributed by atoms with Crippen molar-refractivity contribution in [3.63, 3.8) is 0 Å². The molecule has 32 heavy (non-hydrogen) atoms. The molecule has 5 rings (SSSR count). The van der Waals surface area contributed by atoms with Gasteiger partial charge in [-0.3, -0.25) is 18.8 Å². The van der Waals surface area contributed by atoms with E-state index in [1.54, 1.807) is 16.2 Å². The summed E-state index contributed by atoms with van der Waals surface area (Å²) in [5, 5.41) is 0. The molecule has 0 atom stereocenters. The van der Waals surface area contributed by atoms with Crippen molar-refractivity contribution in [1.82, 2.24) is 18.9 Å². The zero-order chi connectivity index (χ0) is 22.1. The lowest BCUT2D eigenvalue weighted by Gasteiger charge is -2.35. The number of hydrogen-bond donors (Lipinski definition) is 0. The van der Waals surface area contributed by atoms with Crippen LogP contribution in [-0.2, 0) is 24.9 Å². The Morgan fingerprint density at radius 1 is 0.938 bits per heavy atom. The molecule has 1 amide bonds. The Morgan fingerprint density at radius 2 is 1.66 bits per heavy atom. The second-order valence-corrected chi connectivity index (χ2v) is 8.37. The van der Waals surface area contributed by atoms with Gasteiger partial charge in [-0.15, -0.1) is 0 Å². The number of ether oxygens (including phenoxy) is 2. The van der Waals surface area contributed by atoms with E-state index in [1.165, 1.54) is 5.56 Å². The van der Waals surface area contributed by atoms with E-state index in [1.807, 2.05) is 41.3 Å². The highest BCUT2D eigenvalue weighted by atomic mass is 16.6. The van der Waals surface area contributed by atoms with Crippen LogP contribution in [0.3, 0.4) is 0 Å². The molecular weight excluding hydrogens is 408 g/mol. The van der Waals surface area contributed by atoms with Crippen molar-refractivity contribution in [3.05, 3.63) is 58.5 Å². The van der Waals surface area contributed by atoms with Gasteiger partial charge in [0.05, 0.1) is 11.0 Å². The predicted octanol–water partition coefficient (Wildman–Crippen LogP) is 1.85. The average Bonchev–Trinajstić information content (AvgIpc) is 3.07. The summed E-state index contributed by atoms with van der Waals surface area (Å²) in [6.45, 7) is 5.46. The van der Waals surface area contributed by atoms with Crippen LogP contribution in [0.25, 0.3) is 11.0 Å². The number of hydrogen-bond acceptors (Lipinski definition) is 5. The summed E-state index contributed by atoms with van der Waals surface area (Å²) in [5.74, 6) is 1.72. The van der Waals surface area contributed by atoms with Crippen LogP contribution in [0.4, 0.5) is 0 Å². The summed E-state index contributed by atoms with van der Waals surface area (Å²) in [6, 6.07) is 13.8. The molecule has 8 nitrogen and oxygen atoms in total. The Hall–Kier alpha value is -3.26. The Bertz CT molecular complexity index is 1190. The highest BCUT2D eigenvalue weighted by Crippen LogP contribution is 2.31. The molecule has 2 aliphatic rings. The second kappa shape index (κ2) is 8.70. The van der Waals surface area contributed by atoms with Gasteiger partial charge in [0.1, 0.15) is 13.2 Å². The number of amides is 1. The van der Waals surface area contributed by atoms with Crippen molar-refractivity contribution in [2.75, 3.05) is 39.4 Å². The third kappa shape index (κ3) is 3.98. The van der Waals surface area contributed by atoms with E-state index >= 15 is 0 Å². The van der Waals surface area contributed by atoms with Gasteiger partial charge in [-0.25, -0.2) is 4.79 Å². The molecule has 0 spiro atoms. The Kier molecular flexibility index (Phi) is 5.61. The summed E-state index contributed by atoms with van der Waals surface area (Å²) < 4.78 is 14.6. The van der Waals surface area contributed by atoms with Crippen LogP contribution in [0.5, 0.6) is 11.5 Å². The third-order valence-corrected chi connectivity index (χ3v) is 6.34. The number of fused-ring (bicyclic) bond motifs is 2. The molecule has 1 fully saturated rings. The van der Waals surface area contributed by atoms with Gasteiger partial charge >= 0.3 is 5.69 Å². The normalized spacial score (nSPS) is 16.5. The molecule has 3 aromatic rings. The van der Waals surface area contributed by atoms with Crippen LogP contribution >= 0.6 is 0 Å². The van der Waals surface area contributed by atoms with Crippen molar-refractivity contribution in [3.8, 4) is 11.5 Å². The van der Waals surface area contributed by atoms with Crippen LogP contribution in [0.1, 0.15) is 12.0 Å². The van der Waals surface area contributed by atoms with Crippen LogP contribution in [0.2, 0.25) is 0 Å². The van der Waals surface area contributed by atoms with E-state index in [0.29, 0.717) is 39.3 Å². The fraction of sp³-hybridized carbons (Fsp3) is 0.417. The summed E-state index contributed by atoms with van der Waals surface area (Å²) in [4.78, 5) is 29.6. The maximum Gasteiger partial charge on any atom is 0.328 e. The van der Waals surface area contributed by atoms with Crippen molar-refractivity contribution in [2.24, 2.45) is 7.05 Å². The number of aromatic nitrogens is 2. The number of carbonyl (C=O) groups is 1. The minimum absolute atomic E-state index is 0.0803. The molecule has 0 radical (unpaired) electrons. The quantitative estimate of drug-likeness (QED) is 0.611. The number of imidazole rings is 1. The largest absolute Gasteiger partial charge is 0.486 e. The van der Waals surface area contributed by atoms with Crippen LogP contribution < -0.4 is 15.2 Å². The van der Waals surface area contributed by atoms with Gasteiger partial charge in [0.15, 0.2) is 11.5 Å². The second-order valence-electron chi connectivity index (χ2n) is 8.37. The Morgan fingerprint density at radius 3 is 2.44 bits per heavy atom. The first-order valence-electron chi connectivity index (χ1n) is 11.1. The monoisotopic (exact) mass is 436 g/mol. The van der Waals surface area contributed by atoms with E-state index in [4.69, 9.17) is 9.47 Å². The summed E-state index contributed by atoms with van der Waals surface area (Å²) in [5.41, 5.74) is 2.86. The molecule has 1 saturated heterocycles. The lowest BCUT2D eigenvalue weighted by molar-refractivity contribution is -0.133. The van der Waals surface area contributed by atoms with Crippen LogP contribution in [-0.4, -0.2) is 64.2 Å². The SMILES string of the molecule is Cn1c(=O)n(CCC(=O)N2CCN(Cc3ccc4c(c3)OCCO4)CC2)c2ccccc21. The van der Waals surface area contributed by atoms with E-state index in [0.717, 1.165) is 42.2 Å². The maximum absolute atomic E-state index is 12.8. The molecule has 0 bridgehead atoms. The first-order valence-corrected chi connectivity index (χ1v) is 11.1. The van der Waals surface area contributed by atoms with E-state index in [2.05, 4.69) is 11.0 Å². The molecular formula is C24H28N4O4. The molecule has 0 N–H and O–H groups in total. The number of rotatable bonds is 5. The van der Waals surface area contributed by atoms with Gasteiger partial charge in [-0.2, -0.15) is 0 Å². The molecule has 0 unspecified atom stereocenters. The first-order chi connectivity index (χ1) is 15.6. The predicted molar refractivity (Wildman–Crippen MR) is 121 cm³/mol. The lowest BCUT2D eigenvalue weighted by Crippen LogP contribution is -2.48. The van der Waals surface area contributed by atoms with Crippen molar-refractivity contribution < 1.29 is 14.3 Å². The first kappa shape index (κ1) is 20.6. The average molecular weight is 437 g/mol. The zero-order valence-corrected chi connectivity index (χ0v) is 18.3. The summed E-state index contributed by atoms with van der Waals surface area (Å²) in [6.07, 6.45) is 0.329. The molecule has 1 aromatic heterocycles. The number of benzene rings is 2. The molecule has 0 aliphatic carbocycles. The van der Waals surface area contributed by atoms with Crippen molar-refractivity contribution in [2.45, 2.75) is 19.5 Å². The maximum atomic E-state index is 12.8. The molecule has 0 saturated carbocycles. The number of carbonyl (C=O) groups excluding carboxylic acids is 1. The van der Waals surface area contributed by atoms with Gasteiger partial charge in [-0.1, -0.05) is 18.2 Å². The molecule has 2 aromatic carbocycles. The van der Waals surface area contributed by atoms with Gasteiger partial charge in [0, 0.05) is 52.7 Å². The van der Waals surface area contributed by atoms with Crippen molar-refractivity contribution in [1.29, 1.82) is 0 Å². The van der Waals surface area contributed by atoms with Gasteiger partial charge in [0.2, 0.25) is 5.91 Å². The standard InChI is InChI=1S/C24H28N4O4/c1-25-19-4-2-3-5-20(19)28(24(25)30)9-8-23(29)27-12-10-26(11-13-27)17-18-6-7-21-22(16-18)32-15-14-31-21/h2-7,16H,8-15,17H2,1H3. The third-order valence-electron chi connectivity index (χ3n) is 6.34. The summed E-state index contributed by atoms with van der Waals surface area (Å²) >= 11 is 0. The topological polar surface area (TPSA) is 68.9 Å². The van der Waals surface area contributed by atoms with E-state index in [-0.39, 0.29) is 11.6 Å². The fourth-order valence-corrected chi connectivity index (χ4v) is 4.54. The fourth-order valence-electron chi connectivity index (χ4n) is 4.54. The molecule has 3 heterocycles. The van der Waals surface area contributed by atoms with Crippen LogP contribution in [0.15, 0.2) is 47.3 Å². The molecule has 2 aliphatic heterocycles. The van der Waals surface area contributed by atoms with Gasteiger partial charge in [0.25, 0.3) is 0 Å². The van der Waals surface area contributed by atoms with E-state index in [9.17, 15) is 9.59 Å². The zero-order valence-electron chi connectivity index (χ0n) is 18.3. The number of para-hydroxylation sites is 2. The van der Waals surface area contributed by atoms with Crippen LogP contribution in [0, 0.1) is 0 Å².